The van der Waals surface area contributed by atoms with Gasteiger partial charge in [-0.05, 0) is 25.7 Å². The van der Waals surface area contributed by atoms with Gasteiger partial charge >= 0.3 is 6.18 Å². The molecular formula is C10H15F3N4. The summed E-state index contributed by atoms with van der Waals surface area (Å²) in [6.45, 7) is 0. The predicted molar refractivity (Wildman–Crippen MR) is 56.2 cm³/mol. The zero-order valence-electron chi connectivity index (χ0n) is 9.54. The zero-order valence-corrected chi connectivity index (χ0v) is 9.54. The summed E-state index contributed by atoms with van der Waals surface area (Å²) >= 11 is 0. The van der Waals surface area contributed by atoms with Crippen molar-refractivity contribution in [1.29, 1.82) is 0 Å². The second kappa shape index (κ2) is 4.19. The highest BCUT2D eigenvalue weighted by atomic mass is 19.4. The number of nitrogens with two attached hydrogens (primary N) is 1. The lowest BCUT2D eigenvalue weighted by Crippen LogP contribution is -2.27. The number of aryl methyl sites for hydroxylation is 1. The van der Waals surface area contributed by atoms with Crippen molar-refractivity contribution in [1.82, 2.24) is 14.8 Å². The summed E-state index contributed by atoms with van der Waals surface area (Å²) < 4.78 is 38.9. The lowest BCUT2D eigenvalue weighted by atomic mass is 9.81. The molecule has 1 aliphatic carbocycles. The second-order valence-corrected chi connectivity index (χ2v) is 4.54. The van der Waals surface area contributed by atoms with Gasteiger partial charge < -0.3 is 5.73 Å². The average Bonchev–Trinajstić information content (AvgIpc) is 2.58. The van der Waals surface area contributed by atoms with Crippen molar-refractivity contribution >= 4 is 5.95 Å². The Hall–Kier alpha value is -1.27. The van der Waals surface area contributed by atoms with Crippen LogP contribution in [0.25, 0.3) is 0 Å². The first-order valence-electron chi connectivity index (χ1n) is 5.61. The first-order chi connectivity index (χ1) is 7.88. The van der Waals surface area contributed by atoms with E-state index in [1.807, 2.05) is 0 Å². The molecular weight excluding hydrogens is 233 g/mol. The van der Waals surface area contributed by atoms with E-state index in [9.17, 15) is 13.2 Å². The van der Waals surface area contributed by atoms with Crippen LogP contribution in [0.5, 0.6) is 0 Å². The minimum Gasteiger partial charge on any atom is -0.368 e. The van der Waals surface area contributed by atoms with Gasteiger partial charge in [-0.25, -0.2) is 4.68 Å². The molecule has 0 aliphatic heterocycles. The molecule has 1 saturated carbocycles. The molecule has 1 aromatic rings. The molecule has 17 heavy (non-hydrogen) atoms. The molecule has 1 aromatic heterocycles. The van der Waals surface area contributed by atoms with Crippen LogP contribution in [0.4, 0.5) is 19.1 Å². The van der Waals surface area contributed by atoms with Crippen LogP contribution < -0.4 is 5.73 Å². The van der Waals surface area contributed by atoms with Gasteiger partial charge in [0.1, 0.15) is 0 Å². The van der Waals surface area contributed by atoms with E-state index in [0.717, 1.165) is 0 Å². The second-order valence-electron chi connectivity index (χ2n) is 4.54. The van der Waals surface area contributed by atoms with Gasteiger partial charge in [-0.1, -0.05) is 0 Å². The maximum atomic E-state index is 12.5. The topological polar surface area (TPSA) is 56.7 Å². The van der Waals surface area contributed by atoms with Crippen molar-refractivity contribution in [3.63, 3.8) is 0 Å². The summed E-state index contributed by atoms with van der Waals surface area (Å²) in [4.78, 5) is 4.07. The lowest BCUT2D eigenvalue weighted by Gasteiger charge is -2.28. The van der Waals surface area contributed by atoms with Crippen molar-refractivity contribution < 1.29 is 13.2 Å². The fraction of sp³-hybridized carbons (Fsp3) is 0.800. The minimum absolute atomic E-state index is 0.0112. The molecule has 4 nitrogen and oxygen atoms in total. The third-order valence-electron chi connectivity index (χ3n) is 3.37. The van der Waals surface area contributed by atoms with Crippen LogP contribution in [0.1, 0.15) is 37.4 Å². The van der Waals surface area contributed by atoms with Gasteiger partial charge in [0.2, 0.25) is 5.95 Å². The van der Waals surface area contributed by atoms with Crippen LogP contribution in [0.2, 0.25) is 0 Å². The van der Waals surface area contributed by atoms with E-state index in [1.54, 1.807) is 7.05 Å². The minimum atomic E-state index is -4.07. The normalized spacial score (nSPS) is 26.1. The molecule has 0 bridgehead atoms. The number of rotatable bonds is 1. The molecule has 0 saturated heterocycles. The van der Waals surface area contributed by atoms with E-state index < -0.39 is 12.1 Å². The Morgan fingerprint density at radius 1 is 1.24 bits per heavy atom. The van der Waals surface area contributed by atoms with Crippen LogP contribution in [0.3, 0.4) is 0 Å². The first kappa shape index (κ1) is 12.2. The van der Waals surface area contributed by atoms with Gasteiger partial charge in [-0.2, -0.15) is 23.3 Å². The SMILES string of the molecule is Cn1nc(C2CCC(C(F)(F)F)CC2)nc1N. The van der Waals surface area contributed by atoms with Gasteiger partial charge in [-0.3, -0.25) is 0 Å². The molecule has 96 valence electrons. The van der Waals surface area contributed by atoms with Crippen LogP contribution in [0, 0.1) is 5.92 Å². The number of nitrogen functional groups attached to an aromatic ring is 1. The highest BCUT2D eigenvalue weighted by molar-refractivity contribution is 5.17. The quantitative estimate of drug-likeness (QED) is 0.829. The molecule has 0 unspecified atom stereocenters. The van der Waals surface area contributed by atoms with E-state index in [-0.39, 0.29) is 18.8 Å². The van der Waals surface area contributed by atoms with Gasteiger partial charge in [-0.15, -0.1) is 0 Å². The monoisotopic (exact) mass is 248 g/mol. The van der Waals surface area contributed by atoms with Gasteiger partial charge in [0.05, 0.1) is 5.92 Å². The van der Waals surface area contributed by atoms with Gasteiger partial charge in [0.15, 0.2) is 5.82 Å². The summed E-state index contributed by atoms with van der Waals surface area (Å²) in [5.74, 6) is -0.277. The lowest BCUT2D eigenvalue weighted by molar-refractivity contribution is -0.182. The number of hydrogen-bond donors (Lipinski definition) is 1. The van der Waals surface area contributed by atoms with E-state index >= 15 is 0 Å². The highest BCUT2D eigenvalue weighted by Gasteiger charge is 2.42. The van der Waals surface area contributed by atoms with Crippen molar-refractivity contribution in [2.45, 2.75) is 37.8 Å². The Morgan fingerprint density at radius 2 is 1.82 bits per heavy atom. The van der Waals surface area contributed by atoms with Gasteiger partial charge in [0, 0.05) is 13.0 Å². The third kappa shape index (κ3) is 2.53. The molecule has 1 heterocycles. The maximum Gasteiger partial charge on any atom is 0.391 e. The molecule has 0 amide bonds. The van der Waals surface area contributed by atoms with Crippen LogP contribution in [0.15, 0.2) is 0 Å². The third-order valence-corrected chi connectivity index (χ3v) is 3.37. The van der Waals surface area contributed by atoms with E-state index in [0.29, 0.717) is 24.6 Å². The summed E-state index contributed by atoms with van der Waals surface area (Å²) in [6, 6.07) is 0. The Labute approximate surface area is 97.0 Å². The first-order valence-corrected chi connectivity index (χ1v) is 5.61. The Kier molecular flexibility index (Phi) is 3.01. The number of aromatic nitrogens is 3. The number of hydrogen-bond acceptors (Lipinski definition) is 3. The standard InChI is InChI=1S/C10H15F3N4/c1-17-9(14)15-8(16-17)6-2-4-7(5-3-6)10(11,12)13/h6-7H,2-5H2,1H3,(H2,14,15,16). The van der Waals surface area contributed by atoms with E-state index in [2.05, 4.69) is 10.1 Å². The largest absolute Gasteiger partial charge is 0.391 e. The fourth-order valence-corrected chi connectivity index (χ4v) is 2.27. The smallest absolute Gasteiger partial charge is 0.368 e. The average molecular weight is 248 g/mol. The molecule has 0 atom stereocenters. The molecule has 2 rings (SSSR count). The molecule has 0 radical (unpaired) electrons. The van der Waals surface area contributed by atoms with Crippen molar-refractivity contribution in [3.05, 3.63) is 5.82 Å². The van der Waals surface area contributed by atoms with Crippen LogP contribution >= 0.6 is 0 Å². The molecule has 0 aromatic carbocycles. The Morgan fingerprint density at radius 3 is 2.24 bits per heavy atom. The van der Waals surface area contributed by atoms with Crippen LogP contribution in [-0.2, 0) is 7.05 Å². The number of alkyl halides is 3. The molecule has 7 heteroatoms. The summed E-state index contributed by atoms with van der Waals surface area (Å²) in [5.41, 5.74) is 5.55. The van der Waals surface area contributed by atoms with Crippen molar-refractivity contribution in [2.75, 3.05) is 5.73 Å². The summed E-state index contributed by atoms with van der Waals surface area (Å²) in [7, 11) is 1.67. The maximum absolute atomic E-state index is 12.5. The number of halogens is 3. The van der Waals surface area contributed by atoms with E-state index in [1.165, 1.54) is 4.68 Å². The molecule has 1 fully saturated rings. The molecule has 1 aliphatic rings. The van der Waals surface area contributed by atoms with Gasteiger partial charge in [0.25, 0.3) is 0 Å². The Balaban J connectivity index is 2.00. The summed E-state index contributed by atoms with van der Waals surface area (Å²) in [6.07, 6.45) is -2.79. The molecule has 0 spiro atoms. The highest BCUT2D eigenvalue weighted by Crippen LogP contribution is 2.42. The fourth-order valence-electron chi connectivity index (χ4n) is 2.27. The van der Waals surface area contributed by atoms with Crippen LogP contribution in [-0.4, -0.2) is 20.9 Å². The Bertz CT molecular complexity index is 371. The number of nitrogens with zero attached hydrogens (tertiary/aromatic N) is 3. The zero-order chi connectivity index (χ0) is 12.6. The van der Waals surface area contributed by atoms with Crippen molar-refractivity contribution in [2.24, 2.45) is 13.0 Å². The summed E-state index contributed by atoms with van der Waals surface area (Å²) in [5, 5.41) is 4.12. The number of anilines is 1. The predicted octanol–water partition coefficient (Wildman–Crippen LogP) is 2.23. The van der Waals surface area contributed by atoms with E-state index in [4.69, 9.17) is 5.73 Å². The van der Waals surface area contributed by atoms with Crippen molar-refractivity contribution in [3.8, 4) is 0 Å². The molecule has 2 N–H and O–H groups in total.